The molecular formula is C16H14ClN9. The lowest BCUT2D eigenvalue weighted by Gasteiger charge is -2.25. The summed E-state index contributed by atoms with van der Waals surface area (Å²) in [6, 6.07) is 12.3. The smallest absolute Gasteiger partial charge is 0.241 e. The Hall–Kier alpha value is -3.55. The van der Waals surface area contributed by atoms with Gasteiger partial charge in [0.25, 0.3) is 0 Å². The normalized spacial score (nSPS) is 10.2. The molecule has 0 radical (unpaired) electrons. The van der Waals surface area contributed by atoms with E-state index in [1.165, 1.54) is 0 Å². The number of nitrogens with two attached hydrogens (primary N) is 2. The Bertz CT molecular complexity index is 977. The monoisotopic (exact) mass is 367 g/mol. The molecule has 0 fully saturated rings. The van der Waals surface area contributed by atoms with Gasteiger partial charge in [-0.05, 0) is 42.3 Å². The highest BCUT2D eigenvalue weighted by Crippen LogP contribution is 2.36. The number of benzene rings is 2. The van der Waals surface area contributed by atoms with E-state index in [0.29, 0.717) is 16.4 Å². The third-order valence-electron chi connectivity index (χ3n) is 3.54. The molecule has 0 amide bonds. The quantitative estimate of drug-likeness (QED) is 0.397. The van der Waals surface area contributed by atoms with Crippen LogP contribution in [-0.2, 0) is 0 Å². The van der Waals surface area contributed by atoms with E-state index in [0.717, 1.165) is 11.3 Å². The second-order valence-corrected chi connectivity index (χ2v) is 5.76. The van der Waals surface area contributed by atoms with Gasteiger partial charge in [0.1, 0.15) is 0 Å². The van der Waals surface area contributed by atoms with Crippen molar-refractivity contribution < 1.29 is 0 Å². The van der Waals surface area contributed by atoms with Crippen LogP contribution in [0.5, 0.6) is 0 Å². The number of aromatic nitrogens is 3. The van der Waals surface area contributed by atoms with Gasteiger partial charge < -0.3 is 11.5 Å². The maximum atomic E-state index is 8.56. The first-order valence-corrected chi connectivity index (χ1v) is 7.84. The largest absolute Gasteiger partial charge is 0.368 e. The molecule has 0 saturated heterocycles. The van der Waals surface area contributed by atoms with Crippen LogP contribution in [0.3, 0.4) is 0 Å². The Morgan fingerprint density at radius 2 is 1.69 bits per heavy atom. The number of hydrogen-bond acceptors (Lipinski definition) is 7. The molecule has 0 saturated carbocycles. The summed E-state index contributed by atoms with van der Waals surface area (Å²) in [6.45, 7) is 1.93. The molecule has 0 aliphatic heterocycles. The minimum Gasteiger partial charge on any atom is -0.368 e. The minimum absolute atomic E-state index is 0.00267. The van der Waals surface area contributed by atoms with Crippen LogP contribution in [0.4, 0.5) is 34.9 Å². The second-order valence-electron chi connectivity index (χ2n) is 5.32. The predicted molar refractivity (Wildman–Crippen MR) is 102 cm³/mol. The van der Waals surface area contributed by atoms with Crippen molar-refractivity contribution in [2.45, 2.75) is 6.92 Å². The Morgan fingerprint density at radius 3 is 2.31 bits per heavy atom. The third kappa shape index (κ3) is 3.59. The summed E-state index contributed by atoms with van der Waals surface area (Å²) in [5, 5.41) is 4.12. The average molecular weight is 368 g/mol. The zero-order valence-electron chi connectivity index (χ0n) is 13.7. The second kappa shape index (κ2) is 7.14. The van der Waals surface area contributed by atoms with Gasteiger partial charge in [-0.3, -0.25) is 4.90 Å². The highest BCUT2D eigenvalue weighted by molar-refractivity contribution is 6.31. The highest BCUT2D eigenvalue weighted by atomic mass is 35.5. The van der Waals surface area contributed by atoms with E-state index in [9.17, 15) is 0 Å². The fourth-order valence-electron chi connectivity index (χ4n) is 2.40. The van der Waals surface area contributed by atoms with Crippen LogP contribution in [0.15, 0.2) is 47.6 Å². The average Bonchev–Trinajstić information content (AvgIpc) is 2.59. The summed E-state index contributed by atoms with van der Waals surface area (Å²) in [7, 11) is 0. The van der Waals surface area contributed by atoms with E-state index in [1.807, 2.05) is 13.0 Å². The van der Waals surface area contributed by atoms with E-state index < -0.39 is 0 Å². The molecule has 3 rings (SSSR count). The van der Waals surface area contributed by atoms with Gasteiger partial charge in [0.15, 0.2) is 0 Å². The summed E-state index contributed by atoms with van der Waals surface area (Å²) in [6.07, 6.45) is 0. The first-order valence-electron chi connectivity index (χ1n) is 7.46. The van der Waals surface area contributed by atoms with Crippen LogP contribution in [-0.4, -0.2) is 15.0 Å². The topological polar surface area (TPSA) is 143 Å². The lowest BCUT2D eigenvalue weighted by molar-refractivity contribution is 1.03. The van der Waals surface area contributed by atoms with E-state index in [2.05, 4.69) is 25.0 Å². The van der Waals surface area contributed by atoms with Gasteiger partial charge in [0, 0.05) is 21.3 Å². The van der Waals surface area contributed by atoms with Crippen LogP contribution in [0.1, 0.15) is 5.56 Å². The summed E-state index contributed by atoms with van der Waals surface area (Å²) in [5.41, 5.74) is 22.9. The number of halogens is 1. The Morgan fingerprint density at radius 1 is 1.04 bits per heavy atom. The van der Waals surface area contributed by atoms with Crippen molar-refractivity contribution in [3.63, 3.8) is 0 Å². The lowest BCUT2D eigenvalue weighted by atomic mass is 10.1. The minimum atomic E-state index is 0.00267. The van der Waals surface area contributed by atoms with Gasteiger partial charge in [0.2, 0.25) is 17.8 Å². The number of anilines is 5. The molecule has 0 unspecified atom stereocenters. The first-order chi connectivity index (χ1) is 12.5. The maximum Gasteiger partial charge on any atom is 0.241 e. The molecule has 3 aromatic rings. The molecule has 0 aliphatic carbocycles. The highest BCUT2D eigenvalue weighted by Gasteiger charge is 2.19. The number of rotatable bonds is 4. The van der Waals surface area contributed by atoms with Crippen LogP contribution in [0.2, 0.25) is 5.02 Å². The SMILES string of the molecule is Cc1ccc(Cl)cc1N(c1ccc(N=[N+]=[N-])cc1)c1nc(N)nc(N)n1. The van der Waals surface area contributed by atoms with E-state index >= 15 is 0 Å². The van der Waals surface area contributed by atoms with Gasteiger partial charge in [-0.15, -0.1) is 0 Å². The van der Waals surface area contributed by atoms with Gasteiger partial charge in [0.05, 0.1) is 5.69 Å². The zero-order valence-corrected chi connectivity index (χ0v) is 14.5. The number of aryl methyl sites for hydroxylation is 1. The molecule has 0 bridgehead atoms. The van der Waals surface area contributed by atoms with Crippen molar-refractivity contribution in [3.8, 4) is 0 Å². The van der Waals surface area contributed by atoms with Crippen LogP contribution in [0.25, 0.3) is 10.4 Å². The van der Waals surface area contributed by atoms with Gasteiger partial charge >= 0.3 is 0 Å². The Labute approximate surface area is 153 Å². The molecule has 1 aromatic heterocycles. The van der Waals surface area contributed by atoms with Crippen LogP contribution < -0.4 is 16.4 Å². The predicted octanol–water partition coefficient (Wildman–Crippen LogP) is 4.41. The molecule has 1 heterocycles. The zero-order chi connectivity index (χ0) is 18.7. The number of nitrogens with zero attached hydrogens (tertiary/aromatic N) is 7. The van der Waals surface area contributed by atoms with Crippen molar-refractivity contribution in [1.29, 1.82) is 0 Å². The summed E-state index contributed by atoms with van der Waals surface area (Å²) < 4.78 is 0. The summed E-state index contributed by atoms with van der Waals surface area (Å²) in [4.78, 5) is 16.7. The van der Waals surface area contributed by atoms with E-state index in [1.54, 1.807) is 41.3 Å². The van der Waals surface area contributed by atoms with Crippen molar-refractivity contribution >= 4 is 46.5 Å². The van der Waals surface area contributed by atoms with Crippen molar-refractivity contribution in [2.24, 2.45) is 5.11 Å². The molecule has 9 nitrogen and oxygen atoms in total. The van der Waals surface area contributed by atoms with Gasteiger partial charge in [-0.2, -0.15) is 15.0 Å². The van der Waals surface area contributed by atoms with E-state index in [-0.39, 0.29) is 17.8 Å². The molecule has 0 atom stereocenters. The van der Waals surface area contributed by atoms with Crippen LogP contribution >= 0.6 is 11.6 Å². The maximum absolute atomic E-state index is 8.56. The van der Waals surface area contributed by atoms with E-state index in [4.69, 9.17) is 28.6 Å². The molecule has 0 spiro atoms. The fourth-order valence-corrected chi connectivity index (χ4v) is 2.57. The fraction of sp³-hybridized carbons (Fsp3) is 0.0625. The standard InChI is InChI=1S/C16H14ClN9/c1-9-2-3-10(17)8-13(9)26(16-22-14(18)21-15(19)23-16)12-6-4-11(5-7-12)24-25-20/h2-8H,1H3,(H4,18,19,21,22,23). The molecule has 2 aromatic carbocycles. The molecule has 130 valence electrons. The Balaban J connectivity index is 2.21. The molecule has 10 heteroatoms. The molecular weight excluding hydrogens is 354 g/mol. The summed E-state index contributed by atoms with van der Waals surface area (Å²) in [5.74, 6) is 0.252. The van der Waals surface area contributed by atoms with Gasteiger partial charge in [-0.25, -0.2) is 0 Å². The molecule has 0 aliphatic rings. The first kappa shape index (κ1) is 17.3. The third-order valence-corrected chi connectivity index (χ3v) is 3.77. The number of azide groups is 1. The van der Waals surface area contributed by atoms with Gasteiger partial charge in [-0.1, -0.05) is 34.9 Å². The summed E-state index contributed by atoms with van der Waals surface area (Å²) >= 11 is 6.18. The van der Waals surface area contributed by atoms with Crippen LogP contribution in [0, 0.1) is 6.92 Å². The lowest BCUT2D eigenvalue weighted by Crippen LogP contribution is -2.17. The number of hydrogen-bond donors (Lipinski definition) is 2. The molecule has 26 heavy (non-hydrogen) atoms. The molecule has 4 N–H and O–H groups in total. The van der Waals surface area contributed by atoms with Crippen molar-refractivity contribution in [1.82, 2.24) is 15.0 Å². The van der Waals surface area contributed by atoms with Crippen molar-refractivity contribution in [3.05, 3.63) is 63.5 Å². The number of nitrogen functional groups attached to an aromatic ring is 2. The van der Waals surface area contributed by atoms with Crippen molar-refractivity contribution in [2.75, 3.05) is 16.4 Å². The Kier molecular flexibility index (Phi) is 4.74.